The van der Waals surface area contributed by atoms with Gasteiger partial charge in [-0.05, 0) is 24.1 Å². The monoisotopic (exact) mass is 300 g/mol. The molecule has 0 aliphatic carbocycles. The SMILES string of the molecule is CCC(=O)Oc1ccccc1.O=C(O)CCc1ccccc1. The fraction of sp³-hybridized carbons (Fsp3) is 0.222. The number of hydrogen-bond acceptors (Lipinski definition) is 3. The van der Waals surface area contributed by atoms with Crippen LogP contribution in [-0.4, -0.2) is 17.0 Å². The lowest BCUT2D eigenvalue weighted by molar-refractivity contribution is -0.137. The van der Waals surface area contributed by atoms with E-state index in [-0.39, 0.29) is 12.4 Å². The van der Waals surface area contributed by atoms with Gasteiger partial charge < -0.3 is 9.84 Å². The van der Waals surface area contributed by atoms with Crippen molar-refractivity contribution in [1.82, 2.24) is 0 Å². The number of carbonyl (C=O) groups is 2. The van der Waals surface area contributed by atoms with Crippen molar-refractivity contribution < 1.29 is 19.4 Å². The average molecular weight is 300 g/mol. The molecule has 0 unspecified atom stereocenters. The molecule has 0 bridgehead atoms. The highest BCUT2D eigenvalue weighted by atomic mass is 16.5. The molecule has 0 aliphatic heterocycles. The number of carboxylic acid groups (broad SMARTS) is 1. The first kappa shape index (κ1) is 17.4. The third-order valence-electron chi connectivity index (χ3n) is 2.73. The molecule has 0 spiro atoms. The second-order valence-electron chi connectivity index (χ2n) is 4.52. The Hall–Kier alpha value is -2.62. The van der Waals surface area contributed by atoms with Crippen LogP contribution < -0.4 is 4.74 Å². The molecule has 2 rings (SSSR count). The average Bonchev–Trinajstić information content (AvgIpc) is 2.55. The first-order chi connectivity index (χ1) is 10.6. The summed E-state index contributed by atoms with van der Waals surface area (Å²) >= 11 is 0. The van der Waals surface area contributed by atoms with Crippen molar-refractivity contribution in [3.05, 3.63) is 66.2 Å². The fourth-order valence-electron chi connectivity index (χ4n) is 1.59. The minimum Gasteiger partial charge on any atom is -0.481 e. The van der Waals surface area contributed by atoms with Crippen LogP contribution in [0.4, 0.5) is 0 Å². The predicted octanol–water partition coefficient (Wildman–Crippen LogP) is 3.71. The van der Waals surface area contributed by atoms with E-state index >= 15 is 0 Å². The lowest BCUT2D eigenvalue weighted by atomic mass is 10.1. The molecule has 4 nitrogen and oxygen atoms in total. The largest absolute Gasteiger partial charge is 0.481 e. The highest BCUT2D eigenvalue weighted by Gasteiger charge is 1.98. The Labute approximate surface area is 130 Å². The number of hydrogen-bond donors (Lipinski definition) is 1. The number of para-hydroxylation sites is 1. The Morgan fingerprint density at radius 1 is 0.955 bits per heavy atom. The van der Waals surface area contributed by atoms with Gasteiger partial charge in [-0.3, -0.25) is 9.59 Å². The van der Waals surface area contributed by atoms with Crippen LogP contribution in [0.15, 0.2) is 60.7 Å². The summed E-state index contributed by atoms with van der Waals surface area (Å²) in [5.41, 5.74) is 1.08. The summed E-state index contributed by atoms with van der Waals surface area (Å²) in [7, 11) is 0. The van der Waals surface area contributed by atoms with Crippen LogP contribution in [0.3, 0.4) is 0 Å². The van der Waals surface area contributed by atoms with E-state index in [1.807, 2.05) is 48.5 Å². The topological polar surface area (TPSA) is 63.6 Å². The lowest BCUT2D eigenvalue weighted by Crippen LogP contribution is -2.04. The van der Waals surface area contributed by atoms with Crippen molar-refractivity contribution in [2.75, 3.05) is 0 Å². The highest BCUT2D eigenvalue weighted by Crippen LogP contribution is 2.08. The number of carboxylic acids is 1. The molecule has 22 heavy (non-hydrogen) atoms. The van der Waals surface area contributed by atoms with Gasteiger partial charge >= 0.3 is 11.9 Å². The molecule has 0 aromatic heterocycles. The molecule has 0 saturated carbocycles. The van der Waals surface area contributed by atoms with Gasteiger partial charge in [-0.1, -0.05) is 55.5 Å². The van der Waals surface area contributed by atoms with Crippen LogP contribution in [0, 0.1) is 0 Å². The predicted molar refractivity (Wildman–Crippen MR) is 84.8 cm³/mol. The molecule has 0 aliphatic rings. The standard InChI is InChI=1S/2C9H10O2/c1-2-9(10)11-8-6-4-3-5-7-8;10-9(11)7-6-8-4-2-1-3-5-8/h3-7H,2H2,1H3;1-5H,6-7H2,(H,10,11). The normalized spacial score (nSPS) is 9.32. The van der Waals surface area contributed by atoms with Crippen molar-refractivity contribution in [2.45, 2.75) is 26.2 Å². The van der Waals surface area contributed by atoms with E-state index in [1.165, 1.54) is 0 Å². The Balaban J connectivity index is 0.000000220. The van der Waals surface area contributed by atoms with Crippen LogP contribution in [0.25, 0.3) is 0 Å². The zero-order chi connectivity index (χ0) is 16.2. The summed E-state index contributed by atoms with van der Waals surface area (Å²) in [6.45, 7) is 1.77. The smallest absolute Gasteiger partial charge is 0.310 e. The Kier molecular flexibility index (Phi) is 8.05. The zero-order valence-electron chi connectivity index (χ0n) is 12.6. The second-order valence-corrected chi connectivity index (χ2v) is 4.52. The molecule has 0 atom stereocenters. The van der Waals surface area contributed by atoms with Gasteiger partial charge in [0.1, 0.15) is 5.75 Å². The van der Waals surface area contributed by atoms with Gasteiger partial charge in [-0.2, -0.15) is 0 Å². The van der Waals surface area contributed by atoms with E-state index in [2.05, 4.69) is 0 Å². The highest BCUT2D eigenvalue weighted by molar-refractivity contribution is 5.71. The third kappa shape index (κ3) is 7.85. The van der Waals surface area contributed by atoms with Gasteiger partial charge in [0.2, 0.25) is 0 Å². The van der Waals surface area contributed by atoms with Gasteiger partial charge in [0, 0.05) is 12.8 Å². The van der Waals surface area contributed by atoms with E-state index in [0.717, 1.165) is 5.56 Å². The molecule has 0 radical (unpaired) electrons. The van der Waals surface area contributed by atoms with Crippen LogP contribution in [0.1, 0.15) is 25.3 Å². The van der Waals surface area contributed by atoms with Gasteiger partial charge in [0.25, 0.3) is 0 Å². The fourth-order valence-corrected chi connectivity index (χ4v) is 1.59. The second kappa shape index (κ2) is 10.2. The van der Waals surface area contributed by atoms with Crippen molar-refractivity contribution in [2.24, 2.45) is 0 Å². The first-order valence-corrected chi connectivity index (χ1v) is 7.13. The molecule has 0 fully saturated rings. The molecule has 2 aromatic rings. The van der Waals surface area contributed by atoms with Crippen molar-refractivity contribution in [3.8, 4) is 5.75 Å². The van der Waals surface area contributed by atoms with Crippen LogP contribution in [-0.2, 0) is 16.0 Å². The van der Waals surface area contributed by atoms with Gasteiger partial charge in [0.15, 0.2) is 0 Å². The first-order valence-electron chi connectivity index (χ1n) is 7.13. The number of carbonyl (C=O) groups excluding carboxylic acids is 1. The lowest BCUT2D eigenvalue weighted by Gasteiger charge is -1.99. The summed E-state index contributed by atoms with van der Waals surface area (Å²) in [4.78, 5) is 20.9. The van der Waals surface area contributed by atoms with Crippen molar-refractivity contribution in [3.63, 3.8) is 0 Å². The van der Waals surface area contributed by atoms with E-state index in [0.29, 0.717) is 18.6 Å². The number of esters is 1. The molecule has 0 heterocycles. The molecular formula is C18H20O4. The quantitative estimate of drug-likeness (QED) is 0.675. The van der Waals surface area contributed by atoms with Gasteiger partial charge in [-0.25, -0.2) is 0 Å². The van der Waals surface area contributed by atoms with E-state index < -0.39 is 5.97 Å². The maximum absolute atomic E-state index is 10.8. The number of benzene rings is 2. The molecule has 4 heteroatoms. The Morgan fingerprint density at radius 2 is 1.50 bits per heavy atom. The summed E-state index contributed by atoms with van der Waals surface area (Å²) in [5, 5.41) is 8.37. The summed E-state index contributed by atoms with van der Waals surface area (Å²) in [6, 6.07) is 18.7. The van der Waals surface area contributed by atoms with Crippen LogP contribution in [0.2, 0.25) is 0 Å². The van der Waals surface area contributed by atoms with Crippen molar-refractivity contribution >= 4 is 11.9 Å². The van der Waals surface area contributed by atoms with E-state index in [4.69, 9.17) is 9.84 Å². The molecule has 2 aromatic carbocycles. The minimum absolute atomic E-state index is 0.198. The summed E-state index contributed by atoms with van der Waals surface area (Å²) < 4.78 is 4.92. The Bertz CT molecular complexity index is 564. The number of aliphatic carboxylic acids is 1. The van der Waals surface area contributed by atoms with Crippen LogP contribution in [0.5, 0.6) is 5.75 Å². The molecule has 0 saturated heterocycles. The zero-order valence-corrected chi connectivity index (χ0v) is 12.6. The number of aryl methyl sites for hydroxylation is 1. The van der Waals surface area contributed by atoms with E-state index in [9.17, 15) is 9.59 Å². The maximum Gasteiger partial charge on any atom is 0.310 e. The summed E-state index contributed by atoms with van der Waals surface area (Å²) in [6.07, 6.45) is 1.25. The van der Waals surface area contributed by atoms with E-state index in [1.54, 1.807) is 19.1 Å². The third-order valence-corrected chi connectivity index (χ3v) is 2.73. The van der Waals surface area contributed by atoms with Gasteiger partial charge in [0.05, 0.1) is 0 Å². The minimum atomic E-state index is -0.742. The van der Waals surface area contributed by atoms with Crippen LogP contribution >= 0.6 is 0 Å². The molecule has 0 amide bonds. The Morgan fingerprint density at radius 3 is 2.00 bits per heavy atom. The van der Waals surface area contributed by atoms with Gasteiger partial charge in [-0.15, -0.1) is 0 Å². The molecule has 1 N–H and O–H groups in total. The number of rotatable bonds is 5. The number of ether oxygens (including phenoxy) is 1. The molecular weight excluding hydrogens is 280 g/mol. The van der Waals surface area contributed by atoms with Crippen molar-refractivity contribution in [1.29, 1.82) is 0 Å². The summed E-state index contributed by atoms with van der Waals surface area (Å²) in [5.74, 6) is -0.329. The maximum atomic E-state index is 10.8. The molecule has 116 valence electrons.